The van der Waals surface area contributed by atoms with Crippen molar-refractivity contribution >= 4 is 11.7 Å². The number of hydrogen-bond donors (Lipinski definition) is 3. The van der Waals surface area contributed by atoms with Crippen LogP contribution in [0.25, 0.3) is 11.3 Å². The molecule has 0 saturated carbocycles. The number of hydrogen-bond acceptors (Lipinski definition) is 5. The second kappa shape index (κ2) is 7.40. The van der Waals surface area contributed by atoms with Crippen LogP contribution in [0.2, 0.25) is 0 Å². The molecule has 2 aromatic rings. The summed E-state index contributed by atoms with van der Waals surface area (Å²) in [7, 11) is 0. The largest absolute Gasteiger partial charge is 0.382 e. The lowest BCUT2D eigenvalue weighted by Crippen LogP contribution is -2.41. The first-order chi connectivity index (χ1) is 11.6. The Morgan fingerprint density at radius 3 is 3.08 bits per heavy atom. The fraction of sp³-hybridized carbons (Fsp3) is 0.389. The van der Waals surface area contributed by atoms with E-state index in [0.717, 1.165) is 43.5 Å². The minimum absolute atomic E-state index is 0.101. The van der Waals surface area contributed by atoms with Gasteiger partial charge >= 0.3 is 0 Å². The van der Waals surface area contributed by atoms with Gasteiger partial charge in [-0.05, 0) is 32.4 Å². The van der Waals surface area contributed by atoms with E-state index in [-0.39, 0.29) is 23.5 Å². The highest BCUT2D eigenvalue weighted by molar-refractivity contribution is 5.97. The SMILES string of the molecule is Cc1cccc(-c2cnc(N)c(C(=O)N[C@H]3CCCCNC3)n2)c1. The Morgan fingerprint density at radius 2 is 2.25 bits per heavy atom. The van der Waals surface area contributed by atoms with E-state index in [9.17, 15) is 4.79 Å². The van der Waals surface area contributed by atoms with Crippen LogP contribution < -0.4 is 16.4 Å². The molecule has 1 atom stereocenters. The number of aromatic nitrogens is 2. The third-order valence-corrected chi connectivity index (χ3v) is 4.21. The van der Waals surface area contributed by atoms with Crippen LogP contribution in [0.15, 0.2) is 30.5 Å². The van der Waals surface area contributed by atoms with E-state index in [4.69, 9.17) is 5.73 Å². The van der Waals surface area contributed by atoms with E-state index >= 15 is 0 Å². The van der Waals surface area contributed by atoms with Gasteiger partial charge in [-0.2, -0.15) is 0 Å². The van der Waals surface area contributed by atoms with Gasteiger partial charge in [0.05, 0.1) is 11.9 Å². The van der Waals surface area contributed by atoms with E-state index in [1.165, 1.54) is 0 Å². The molecule has 1 fully saturated rings. The zero-order chi connectivity index (χ0) is 16.9. The quantitative estimate of drug-likeness (QED) is 0.801. The molecule has 1 aromatic carbocycles. The Kier molecular flexibility index (Phi) is 5.05. The van der Waals surface area contributed by atoms with Crippen LogP contribution in [0, 0.1) is 6.92 Å². The summed E-state index contributed by atoms with van der Waals surface area (Å²) >= 11 is 0. The molecule has 1 aromatic heterocycles. The number of rotatable bonds is 3. The van der Waals surface area contributed by atoms with Crippen molar-refractivity contribution in [2.45, 2.75) is 32.2 Å². The summed E-state index contributed by atoms with van der Waals surface area (Å²) in [4.78, 5) is 21.2. The number of carbonyl (C=O) groups excluding carboxylic acids is 1. The molecular weight excluding hydrogens is 302 g/mol. The van der Waals surface area contributed by atoms with Crippen molar-refractivity contribution in [3.05, 3.63) is 41.7 Å². The zero-order valence-electron chi connectivity index (χ0n) is 13.9. The third-order valence-electron chi connectivity index (χ3n) is 4.21. The summed E-state index contributed by atoms with van der Waals surface area (Å²) in [6.07, 6.45) is 4.80. The molecule has 0 radical (unpaired) electrons. The normalized spacial score (nSPS) is 18.0. The van der Waals surface area contributed by atoms with Crippen molar-refractivity contribution < 1.29 is 4.79 Å². The van der Waals surface area contributed by atoms with Crippen molar-refractivity contribution in [1.29, 1.82) is 0 Å². The molecule has 4 N–H and O–H groups in total. The first kappa shape index (κ1) is 16.4. The van der Waals surface area contributed by atoms with Gasteiger partial charge in [0.2, 0.25) is 0 Å². The average Bonchev–Trinajstić information content (AvgIpc) is 2.84. The van der Waals surface area contributed by atoms with Crippen LogP contribution in [0.1, 0.15) is 35.3 Å². The van der Waals surface area contributed by atoms with Crippen molar-refractivity contribution in [2.24, 2.45) is 0 Å². The van der Waals surface area contributed by atoms with Gasteiger partial charge in [0.25, 0.3) is 5.91 Å². The highest BCUT2D eigenvalue weighted by atomic mass is 16.2. The van der Waals surface area contributed by atoms with E-state index in [2.05, 4.69) is 20.6 Å². The van der Waals surface area contributed by atoms with Crippen LogP contribution in [-0.4, -0.2) is 35.0 Å². The number of anilines is 1. The average molecular weight is 325 g/mol. The topological polar surface area (TPSA) is 92.9 Å². The van der Waals surface area contributed by atoms with Gasteiger partial charge in [-0.15, -0.1) is 0 Å². The Morgan fingerprint density at radius 1 is 1.38 bits per heavy atom. The maximum Gasteiger partial charge on any atom is 0.274 e. The van der Waals surface area contributed by atoms with Gasteiger partial charge in [0, 0.05) is 18.2 Å². The number of aryl methyl sites for hydroxylation is 1. The van der Waals surface area contributed by atoms with Crippen LogP contribution >= 0.6 is 0 Å². The number of nitrogens with one attached hydrogen (secondary N) is 2. The molecule has 0 spiro atoms. The Balaban J connectivity index is 1.81. The Hall–Kier alpha value is -2.47. The molecule has 0 bridgehead atoms. The molecular formula is C18H23N5O. The van der Waals surface area contributed by atoms with E-state index in [1.807, 2.05) is 31.2 Å². The summed E-state index contributed by atoms with van der Waals surface area (Å²) in [5.74, 6) is -0.103. The predicted molar refractivity (Wildman–Crippen MR) is 94.6 cm³/mol. The molecule has 126 valence electrons. The number of nitrogens with two attached hydrogens (primary N) is 1. The molecule has 2 heterocycles. The van der Waals surface area contributed by atoms with Crippen LogP contribution in [0.3, 0.4) is 0 Å². The van der Waals surface area contributed by atoms with Crippen LogP contribution in [0.4, 0.5) is 5.82 Å². The lowest BCUT2D eigenvalue weighted by atomic mass is 10.1. The van der Waals surface area contributed by atoms with Gasteiger partial charge in [0.1, 0.15) is 0 Å². The third kappa shape index (κ3) is 3.89. The zero-order valence-corrected chi connectivity index (χ0v) is 13.9. The molecule has 24 heavy (non-hydrogen) atoms. The fourth-order valence-electron chi connectivity index (χ4n) is 2.91. The lowest BCUT2D eigenvalue weighted by molar-refractivity contribution is 0.0931. The summed E-state index contributed by atoms with van der Waals surface area (Å²) < 4.78 is 0. The van der Waals surface area contributed by atoms with Crippen molar-refractivity contribution in [2.75, 3.05) is 18.8 Å². The molecule has 1 aliphatic rings. The minimum Gasteiger partial charge on any atom is -0.382 e. The molecule has 6 nitrogen and oxygen atoms in total. The lowest BCUT2D eigenvalue weighted by Gasteiger charge is -2.16. The predicted octanol–water partition coefficient (Wildman–Crippen LogP) is 1.91. The first-order valence-electron chi connectivity index (χ1n) is 8.34. The van der Waals surface area contributed by atoms with Crippen molar-refractivity contribution in [3.63, 3.8) is 0 Å². The maximum absolute atomic E-state index is 12.6. The van der Waals surface area contributed by atoms with E-state index in [1.54, 1.807) is 6.20 Å². The fourth-order valence-corrected chi connectivity index (χ4v) is 2.91. The summed E-state index contributed by atoms with van der Waals surface area (Å²) in [6.45, 7) is 3.79. The number of benzene rings is 1. The molecule has 0 unspecified atom stereocenters. The van der Waals surface area contributed by atoms with Gasteiger partial charge in [0.15, 0.2) is 11.5 Å². The van der Waals surface area contributed by atoms with E-state index in [0.29, 0.717) is 5.69 Å². The summed E-state index contributed by atoms with van der Waals surface area (Å²) in [5, 5.41) is 6.35. The second-order valence-electron chi connectivity index (χ2n) is 6.23. The van der Waals surface area contributed by atoms with Crippen molar-refractivity contribution in [1.82, 2.24) is 20.6 Å². The maximum atomic E-state index is 12.6. The summed E-state index contributed by atoms with van der Waals surface area (Å²) in [5.41, 5.74) is 8.78. The molecule has 0 aliphatic carbocycles. The molecule has 1 amide bonds. The molecule has 1 aliphatic heterocycles. The monoisotopic (exact) mass is 325 g/mol. The number of amides is 1. The smallest absolute Gasteiger partial charge is 0.274 e. The molecule has 1 saturated heterocycles. The van der Waals surface area contributed by atoms with Gasteiger partial charge in [-0.1, -0.05) is 30.2 Å². The molecule has 3 rings (SSSR count). The van der Waals surface area contributed by atoms with Gasteiger partial charge in [-0.25, -0.2) is 9.97 Å². The number of nitrogens with zero attached hydrogens (tertiary/aromatic N) is 2. The summed E-state index contributed by atoms with van der Waals surface area (Å²) in [6, 6.07) is 8.03. The standard InChI is InChI=1S/C18H23N5O/c1-12-5-4-6-13(9-12)15-11-21-17(19)16(23-15)18(24)22-14-7-2-3-8-20-10-14/h4-6,9,11,14,20H,2-3,7-8,10H2,1H3,(H2,19,21)(H,22,24)/t14-/m0/s1. The Bertz CT molecular complexity index is 723. The van der Waals surface area contributed by atoms with Crippen LogP contribution in [-0.2, 0) is 0 Å². The van der Waals surface area contributed by atoms with Gasteiger partial charge < -0.3 is 16.4 Å². The molecule has 6 heteroatoms. The van der Waals surface area contributed by atoms with Crippen molar-refractivity contribution in [3.8, 4) is 11.3 Å². The van der Waals surface area contributed by atoms with Gasteiger partial charge in [-0.3, -0.25) is 4.79 Å². The first-order valence-corrected chi connectivity index (χ1v) is 8.34. The van der Waals surface area contributed by atoms with E-state index < -0.39 is 0 Å². The number of nitrogen functional groups attached to an aromatic ring is 1. The van der Waals surface area contributed by atoms with Crippen LogP contribution in [0.5, 0.6) is 0 Å². The Labute approximate surface area is 141 Å². The second-order valence-corrected chi connectivity index (χ2v) is 6.23. The number of carbonyl (C=O) groups is 1. The highest BCUT2D eigenvalue weighted by Crippen LogP contribution is 2.19. The highest BCUT2D eigenvalue weighted by Gasteiger charge is 2.19. The minimum atomic E-state index is -0.261.